The summed E-state index contributed by atoms with van der Waals surface area (Å²) in [4.78, 5) is 11.5. The zero-order chi connectivity index (χ0) is 11.7. The number of rotatable bonds is 7. The van der Waals surface area contributed by atoms with Gasteiger partial charge in [0.15, 0.2) is 0 Å². The van der Waals surface area contributed by atoms with Crippen LogP contribution in [0.1, 0.15) is 46.0 Å². The van der Waals surface area contributed by atoms with Crippen LogP contribution in [0.5, 0.6) is 0 Å². The van der Waals surface area contributed by atoms with Crippen LogP contribution >= 0.6 is 0 Å². The van der Waals surface area contributed by atoms with Gasteiger partial charge < -0.3 is 4.74 Å². The van der Waals surface area contributed by atoms with E-state index in [-0.39, 0.29) is 5.97 Å². The molecule has 0 aromatic rings. The number of esters is 1. The number of hydrogen-bond donors (Lipinski definition) is 0. The molecule has 2 nitrogen and oxygen atoms in total. The van der Waals surface area contributed by atoms with Gasteiger partial charge in [-0.05, 0) is 24.8 Å². The van der Waals surface area contributed by atoms with Gasteiger partial charge in [0, 0.05) is 0 Å². The Bertz CT molecular complexity index is 239. The van der Waals surface area contributed by atoms with Crippen molar-refractivity contribution in [3.8, 4) is 0 Å². The topological polar surface area (TPSA) is 26.3 Å². The fourth-order valence-corrected chi connectivity index (χ4v) is 1.30. The standard InChI is InChI=1S/C13H22O2/c1-5-7-9-11(3)12(10-8-6-2)13(14)15-4/h10H,3,5-9H2,1-2,4H3/b12-10+. The number of carbonyl (C=O) groups excluding carboxylic acids is 1. The minimum atomic E-state index is -0.260. The summed E-state index contributed by atoms with van der Waals surface area (Å²) in [5, 5.41) is 0. The Morgan fingerprint density at radius 3 is 2.47 bits per heavy atom. The predicted octanol–water partition coefficient (Wildman–Crippen LogP) is 3.63. The molecule has 0 radical (unpaired) electrons. The van der Waals surface area contributed by atoms with Crippen LogP contribution in [0, 0.1) is 0 Å². The van der Waals surface area contributed by atoms with Crippen molar-refractivity contribution in [1.29, 1.82) is 0 Å². The van der Waals surface area contributed by atoms with Crippen molar-refractivity contribution >= 4 is 5.97 Å². The highest BCUT2D eigenvalue weighted by molar-refractivity contribution is 5.93. The summed E-state index contributed by atoms with van der Waals surface area (Å²) in [6.07, 6.45) is 6.92. The van der Waals surface area contributed by atoms with Gasteiger partial charge >= 0.3 is 5.97 Å². The third-order valence-corrected chi connectivity index (χ3v) is 2.26. The number of allylic oxidation sites excluding steroid dienone is 1. The van der Waals surface area contributed by atoms with Crippen LogP contribution < -0.4 is 0 Å². The molecule has 0 N–H and O–H groups in total. The van der Waals surface area contributed by atoms with Gasteiger partial charge in [0.2, 0.25) is 0 Å². The molecule has 0 bridgehead atoms. The Morgan fingerprint density at radius 2 is 2.00 bits per heavy atom. The molecule has 0 saturated carbocycles. The molecule has 0 aliphatic rings. The Labute approximate surface area is 93.0 Å². The SMILES string of the molecule is C=C(CCCC)/C(=C\CCC)C(=O)OC. The van der Waals surface area contributed by atoms with Crippen molar-refractivity contribution in [3.05, 3.63) is 23.8 Å². The van der Waals surface area contributed by atoms with Gasteiger partial charge in [0.1, 0.15) is 0 Å². The van der Waals surface area contributed by atoms with Crippen molar-refractivity contribution in [2.45, 2.75) is 46.0 Å². The molecule has 0 aromatic carbocycles. The first kappa shape index (κ1) is 13.9. The van der Waals surface area contributed by atoms with E-state index in [2.05, 4.69) is 20.4 Å². The lowest BCUT2D eigenvalue weighted by atomic mass is 10.0. The van der Waals surface area contributed by atoms with Gasteiger partial charge in [-0.25, -0.2) is 4.79 Å². The minimum absolute atomic E-state index is 0.260. The van der Waals surface area contributed by atoms with E-state index < -0.39 is 0 Å². The molecular weight excluding hydrogens is 188 g/mol. The number of methoxy groups -OCH3 is 1. The highest BCUT2D eigenvalue weighted by Gasteiger charge is 2.12. The lowest BCUT2D eigenvalue weighted by molar-refractivity contribution is -0.135. The fraction of sp³-hybridized carbons (Fsp3) is 0.615. The maximum Gasteiger partial charge on any atom is 0.337 e. The van der Waals surface area contributed by atoms with Crippen LogP contribution in [-0.4, -0.2) is 13.1 Å². The van der Waals surface area contributed by atoms with Gasteiger partial charge in [0.25, 0.3) is 0 Å². The highest BCUT2D eigenvalue weighted by atomic mass is 16.5. The normalized spacial score (nSPS) is 11.3. The maximum atomic E-state index is 11.5. The first-order valence-electron chi connectivity index (χ1n) is 5.63. The van der Waals surface area contributed by atoms with Crippen molar-refractivity contribution in [3.63, 3.8) is 0 Å². The Kier molecular flexibility index (Phi) is 7.69. The molecule has 0 fully saturated rings. The lowest BCUT2D eigenvalue weighted by Crippen LogP contribution is -2.07. The van der Waals surface area contributed by atoms with Crippen molar-refractivity contribution < 1.29 is 9.53 Å². The zero-order valence-corrected chi connectivity index (χ0v) is 10.1. The third-order valence-electron chi connectivity index (χ3n) is 2.26. The van der Waals surface area contributed by atoms with Crippen molar-refractivity contribution in [2.75, 3.05) is 7.11 Å². The Morgan fingerprint density at radius 1 is 1.33 bits per heavy atom. The van der Waals surface area contributed by atoms with Gasteiger partial charge in [-0.1, -0.05) is 39.3 Å². The molecule has 0 aliphatic heterocycles. The summed E-state index contributed by atoms with van der Waals surface area (Å²) in [5.74, 6) is -0.260. The third kappa shape index (κ3) is 5.40. The van der Waals surface area contributed by atoms with Crippen LogP contribution in [0.2, 0.25) is 0 Å². The molecule has 86 valence electrons. The van der Waals surface area contributed by atoms with Gasteiger partial charge in [-0.15, -0.1) is 0 Å². The molecular formula is C13H22O2. The van der Waals surface area contributed by atoms with Crippen LogP contribution in [0.25, 0.3) is 0 Å². The largest absolute Gasteiger partial charge is 0.465 e. The van der Waals surface area contributed by atoms with Crippen LogP contribution in [0.4, 0.5) is 0 Å². The van der Waals surface area contributed by atoms with Crippen molar-refractivity contribution in [2.24, 2.45) is 0 Å². The molecule has 15 heavy (non-hydrogen) atoms. The summed E-state index contributed by atoms with van der Waals surface area (Å²) in [6, 6.07) is 0. The van der Waals surface area contributed by atoms with Crippen LogP contribution in [-0.2, 0) is 9.53 Å². The minimum Gasteiger partial charge on any atom is -0.465 e. The summed E-state index contributed by atoms with van der Waals surface area (Å²) in [5.41, 5.74) is 1.56. The van der Waals surface area contributed by atoms with E-state index in [9.17, 15) is 4.79 Å². The van der Waals surface area contributed by atoms with Crippen LogP contribution in [0.15, 0.2) is 23.8 Å². The Hall–Kier alpha value is -1.05. The smallest absolute Gasteiger partial charge is 0.337 e. The molecule has 0 atom stereocenters. The summed E-state index contributed by atoms with van der Waals surface area (Å²) in [6.45, 7) is 8.15. The molecule has 0 heterocycles. The van der Waals surface area contributed by atoms with Crippen molar-refractivity contribution in [1.82, 2.24) is 0 Å². The molecule has 0 spiro atoms. The average molecular weight is 210 g/mol. The zero-order valence-electron chi connectivity index (χ0n) is 10.1. The molecule has 0 aliphatic carbocycles. The molecule has 0 amide bonds. The van der Waals surface area contributed by atoms with E-state index in [1.54, 1.807) is 0 Å². The number of carbonyl (C=O) groups is 1. The van der Waals surface area contributed by atoms with E-state index in [0.717, 1.165) is 37.7 Å². The molecule has 0 rings (SSSR count). The highest BCUT2D eigenvalue weighted by Crippen LogP contribution is 2.17. The molecule has 0 unspecified atom stereocenters. The second kappa shape index (κ2) is 8.27. The second-order valence-corrected chi connectivity index (χ2v) is 3.61. The van der Waals surface area contributed by atoms with E-state index >= 15 is 0 Å². The van der Waals surface area contributed by atoms with E-state index in [4.69, 9.17) is 4.74 Å². The van der Waals surface area contributed by atoms with Gasteiger partial charge in [0.05, 0.1) is 12.7 Å². The quantitative estimate of drug-likeness (QED) is 0.364. The molecule has 2 heteroatoms. The molecule has 0 saturated heterocycles. The summed E-state index contributed by atoms with van der Waals surface area (Å²) in [7, 11) is 1.41. The number of hydrogen-bond acceptors (Lipinski definition) is 2. The first-order chi connectivity index (χ1) is 7.17. The average Bonchev–Trinajstić information content (AvgIpc) is 2.26. The van der Waals surface area contributed by atoms with Crippen LogP contribution in [0.3, 0.4) is 0 Å². The second-order valence-electron chi connectivity index (χ2n) is 3.61. The van der Waals surface area contributed by atoms with E-state index in [1.807, 2.05) is 6.08 Å². The van der Waals surface area contributed by atoms with E-state index in [1.165, 1.54) is 7.11 Å². The molecule has 0 aromatic heterocycles. The number of unbranched alkanes of at least 4 members (excludes halogenated alkanes) is 2. The summed E-state index contributed by atoms with van der Waals surface area (Å²) >= 11 is 0. The Balaban J connectivity index is 4.48. The maximum absolute atomic E-state index is 11.5. The van der Waals surface area contributed by atoms with E-state index in [0.29, 0.717) is 5.57 Å². The predicted molar refractivity (Wildman–Crippen MR) is 63.7 cm³/mol. The van der Waals surface area contributed by atoms with Gasteiger partial charge in [-0.2, -0.15) is 0 Å². The first-order valence-corrected chi connectivity index (χ1v) is 5.63. The van der Waals surface area contributed by atoms with Gasteiger partial charge in [-0.3, -0.25) is 0 Å². The summed E-state index contributed by atoms with van der Waals surface area (Å²) < 4.78 is 4.74. The lowest BCUT2D eigenvalue weighted by Gasteiger charge is -2.08. The number of ether oxygens (including phenoxy) is 1. The monoisotopic (exact) mass is 210 g/mol. The fourth-order valence-electron chi connectivity index (χ4n) is 1.30.